The van der Waals surface area contributed by atoms with Crippen molar-refractivity contribution < 1.29 is 18.0 Å². The van der Waals surface area contributed by atoms with E-state index in [1.54, 1.807) is 73.7 Å². The van der Waals surface area contributed by atoms with Crippen LogP contribution in [0, 0.1) is 6.92 Å². The molecule has 0 fully saturated rings. The van der Waals surface area contributed by atoms with Crippen LogP contribution in [0.2, 0.25) is 5.02 Å². The summed E-state index contributed by atoms with van der Waals surface area (Å²) in [5, 5.41) is 3.24. The first-order valence-electron chi connectivity index (χ1n) is 12.1. The zero-order chi connectivity index (χ0) is 27.0. The minimum atomic E-state index is -4.08. The first-order valence-corrected chi connectivity index (χ1v) is 14.0. The standard InChI is InChI=1S/C28H32ClN3O4S/c1-4-26(28(34)30-5-2)31(19-22-11-9-10-14-25(22)29)27(33)20-32(23-17-15-21(3)16-18-23)37(35,36)24-12-7-6-8-13-24/h6-18,26H,4-5,19-20H2,1-3H3,(H,30,34)/t26-/m0/s1. The van der Waals surface area contributed by atoms with Gasteiger partial charge in [0.1, 0.15) is 12.6 Å². The largest absolute Gasteiger partial charge is 0.355 e. The van der Waals surface area contributed by atoms with Crippen LogP contribution in [0.4, 0.5) is 5.69 Å². The fourth-order valence-corrected chi connectivity index (χ4v) is 5.61. The van der Waals surface area contributed by atoms with Crippen LogP contribution in [0.1, 0.15) is 31.4 Å². The Morgan fingerprint density at radius 2 is 1.54 bits per heavy atom. The van der Waals surface area contributed by atoms with Crippen molar-refractivity contribution in [2.24, 2.45) is 0 Å². The summed E-state index contributed by atoms with van der Waals surface area (Å²) in [6.07, 6.45) is 0.345. The van der Waals surface area contributed by atoms with E-state index in [-0.39, 0.29) is 17.3 Å². The van der Waals surface area contributed by atoms with E-state index in [0.717, 1.165) is 9.87 Å². The number of nitrogens with one attached hydrogen (secondary N) is 1. The lowest BCUT2D eigenvalue weighted by Crippen LogP contribution is -2.52. The average Bonchev–Trinajstić information content (AvgIpc) is 2.89. The van der Waals surface area contributed by atoms with Crippen LogP contribution in [-0.2, 0) is 26.2 Å². The normalized spacial score (nSPS) is 12.0. The van der Waals surface area contributed by atoms with Crippen molar-refractivity contribution in [3.05, 3.63) is 95.0 Å². The maximum Gasteiger partial charge on any atom is 0.264 e. The van der Waals surface area contributed by atoms with Crippen molar-refractivity contribution in [2.75, 3.05) is 17.4 Å². The average molecular weight is 542 g/mol. The molecule has 0 radical (unpaired) electrons. The highest BCUT2D eigenvalue weighted by atomic mass is 35.5. The number of hydrogen-bond acceptors (Lipinski definition) is 4. The van der Waals surface area contributed by atoms with E-state index in [1.165, 1.54) is 17.0 Å². The fraction of sp³-hybridized carbons (Fsp3) is 0.286. The third kappa shape index (κ3) is 6.90. The van der Waals surface area contributed by atoms with E-state index in [2.05, 4.69) is 5.32 Å². The molecule has 0 heterocycles. The number of halogens is 1. The summed E-state index contributed by atoms with van der Waals surface area (Å²) in [7, 11) is -4.08. The van der Waals surface area contributed by atoms with Crippen LogP contribution in [0.15, 0.2) is 83.8 Å². The van der Waals surface area contributed by atoms with Crippen LogP contribution < -0.4 is 9.62 Å². The molecule has 0 unspecified atom stereocenters. The van der Waals surface area contributed by atoms with E-state index < -0.39 is 28.5 Å². The van der Waals surface area contributed by atoms with Crippen molar-refractivity contribution in [2.45, 2.75) is 44.7 Å². The van der Waals surface area contributed by atoms with Gasteiger partial charge in [-0.05, 0) is 56.2 Å². The van der Waals surface area contributed by atoms with Crippen molar-refractivity contribution in [1.82, 2.24) is 10.2 Å². The van der Waals surface area contributed by atoms with Gasteiger partial charge in [0.2, 0.25) is 11.8 Å². The van der Waals surface area contributed by atoms with Crippen molar-refractivity contribution >= 4 is 39.1 Å². The first-order chi connectivity index (χ1) is 17.7. The van der Waals surface area contributed by atoms with Crippen LogP contribution >= 0.6 is 11.6 Å². The highest BCUT2D eigenvalue weighted by Crippen LogP contribution is 2.26. The molecule has 0 aliphatic rings. The number of rotatable bonds is 11. The molecule has 0 aromatic heterocycles. The second kappa shape index (κ2) is 12.7. The van der Waals surface area contributed by atoms with Crippen LogP contribution in [0.25, 0.3) is 0 Å². The summed E-state index contributed by atoms with van der Waals surface area (Å²) < 4.78 is 28.5. The summed E-state index contributed by atoms with van der Waals surface area (Å²) in [6, 6.07) is 21.2. The van der Waals surface area contributed by atoms with Gasteiger partial charge in [-0.2, -0.15) is 0 Å². The van der Waals surface area contributed by atoms with E-state index >= 15 is 0 Å². The third-order valence-electron chi connectivity index (χ3n) is 5.97. The Bertz CT molecular complexity index is 1310. The zero-order valence-corrected chi connectivity index (χ0v) is 22.8. The molecule has 1 atom stereocenters. The Morgan fingerprint density at radius 3 is 2.14 bits per heavy atom. The number of nitrogens with zero attached hydrogens (tertiary/aromatic N) is 2. The molecule has 37 heavy (non-hydrogen) atoms. The smallest absolute Gasteiger partial charge is 0.264 e. The van der Waals surface area contributed by atoms with Gasteiger partial charge < -0.3 is 10.2 Å². The number of anilines is 1. The number of amides is 2. The topological polar surface area (TPSA) is 86.8 Å². The Labute approximate surface area is 224 Å². The van der Waals surface area contributed by atoms with Crippen LogP contribution in [-0.4, -0.2) is 44.3 Å². The Kier molecular flexibility index (Phi) is 9.72. The molecule has 3 aromatic rings. The lowest BCUT2D eigenvalue weighted by molar-refractivity contribution is -0.140. The molecular weight excluding hydrogens is 510 g/mol. The van der Waals surface area contributed by atoms with Gasteiger partial charge in [0.15, 0.2) is 0 Å². The minimum absolute atomic E-state index is 0.0568. The number of hydrogen-bond donors (Lipinski definition) is 1. The lowest BCUT2D eigenvalue weighted by atomic mass is 10.1. The molecule has 3 aromatic carbocycles. The Balaban J connectivity index is 2.05. The van der Waals surface area contributed by atoms with Gasteiger partial charge in [-0.1, -0.05) is 72.6 Å². The molecule has 0 aliphatic carbocycles. The summed E-state index contributed by atoms with van der Waals surface area (Å²) in [5.41, 5.74) is 1.97. The van der Waals surface area contributed by atoms with Gasteiger partial charge in [0.05, 0.1) is 10.6 Å². The first kappa shape index (κ1) is 28.2. The minimum Gasteiger partial charge on any atom is -0.355 e. The quantitative estimate of drug-likeness (QED) is 0.378. The van der Waals surface area contributed by atoms with E-state index in [4.69, 9.17) is 11.6 Å². The predicted octanol–water partition coefficient (Wildman–Crippen LogP) is 4.79. The molecule has 3 rings (SSSR count). The molecule has 0 saturated carbocycles. The van der Waals surface area contributed by atoms with Gasteiger partial charge in [-0.25, -0.2) is 8.42 Å². The third-order valence-corrected chi connectivity index (χ3v) is 8.12. The number of carbonyl (C=O) groups is 2. The molecule has 2 amide bonds. The molecule has 0 saturated heterocycles. The molecular formula is C28H32ClN3O4S. The predicted molar refractivity (Wildman–Crippen MR) is 147 cm³/mol. The molecule has 0 aliphatic heterocycles. The Morgan fingerprint density at radius 1 is 0.919 bits per heavy atom. The van der Waals surface area contributed by atoms with E-state index in [0.29, 0.717) is 29.2 Å². The molecule has 7 nitrogen and oxygen atoms in total. The number of sulfonamides is 1. The fourth-order valence-electron chi connectivity index (χ4n) is 3.98. The maximum atomic E-state index is 13.9. The number of carbonyl (C=O) groups excluding carboxylic acids is 2. The summed E-state index contributed by atoms with van der Waals surface area (Å²) in [4.78, 5) is 28.3. The van der Waals surface area contributed by atoms with Crippen molar-refractivity contribution in [1.29, 1.82) is 0 Å². The Hall–Kier alpha value is -3.36. The molecule has 9 heteroatoms. The summed E-state index contributed by atoms with van der Waals surface area (Å²) in [6.45, 7) is 5.49. The number of benzene rings is 3. The monoisotopic (exact) mass is 541 g/mol. The zero-order valence-electron chi connectivity index (χ0n) is 21.2. The highest BCUT2D eigenvalue weighted by Gasteiger charge is 2.33. The number of aryl methyl sites for hydroxylation is 1. The van der Waals surface area contributed by atoms with Gasteiger partial charge in [0.25, 0.3) is 10.0 Å². The van der Waals surface area contributed by atoms with Crippen molar-refractivity contribution in [3.8, 4) is 0 Å². The van der Waals surface area contributed by atoms with Gasteiger partial charge in [-0.15, -0.1) is 0 Å². The van der Waals surface area contributed by atoms with Gasteiger partial charge >= 0.3 is 0 Å². The summed E-state index contributed by atoms with van der Waals surface area (Å²) in [5.74, 6) is -0.823. The van der Waals surface area contributed by atoms with Crippen LogP contribution in [0.3, 0.4) is 0 Å². The molecule has 0 spiro atoms. The van der Waals surface area contributed by atoms with E-state index in [1.807, 2.05) is 13.8 Å². The van der Waals surface area contributed by atoms with E-state index in [9.17, 15) is 18.0 Å². The summed E-state index contributed by atoms with van der Waals surface area (Å²) >= 11 is 6.39. The van der Waals surface area contributed by atoms with Gasteiger partial charge in [-0.3, -0.25) is 13.9 Å². The second-order valence-electron chi connectivity index (χ2n) is 8.59. The molecule has 0 bridgehead atoms. The van der Waals surface area contributed by atoms with Gasteiger partial charge in [0, 0.05) is 18.1 Å². The molecule has 196 valence electrons. The lowest BCUT2D eigenvalue weighted by Gasteiger charge is -2.33. The van der Waals surface area contributed by atoms with Crippen molar-refractivity contribution in [3.63, 3.8) is 0 Å². The maximum absolute atomic E-state index is 13.9. The number of likely N-dealkylation sites (N-methyl/N-ethyl adjacent to an activating group) is 1. The molecule has 1 N–H and O–H groups in total. The van der Waals surface area contributed by atoms with Crippen LogP contribution in [0.5, 0.6) is 0 Å². The highest BCUT2D eigenvalue weighted by molar-refractivity contribution is 7.92. The SMILES string of the molecule is CCNC(=O)[C@H](CC)N(Cc1ccccc1Cl)C(=O)CN(c1ccc(C)cc1)S(=O)(=O)c1ccccc1. The second-order valence-corrected chi connectivity index (χ2v) is 10.9.